The van der Waals surface area contributed by atoms with Gasteiger partial charge in [-0.05, 0) is 38.0 Å². The van der Waals surface area contributed by atoms with Crippen molar-refractivity contribution in [1.29, 1.82) is 0 Å². The molecule has 0 saturated carbocycles. The molecule has 1 saturated heterocycles. The fourth-order valence-electron chi connectivity index (χ4n) is 2.00. The molecule has 2 atom stereocenters. The van der Waals surface area contributed by atoms with Crippen molar-refractivity contribution in [2.24, 2.45) is 5.92 Å². The van der Waals surface area contributed by atoms with Crippen LogP contribution in [-0.4, -0.2) is 18.0 Å². The van der Waals surface area contributed by atoms with Gasteiger partial charge in [-0.15, -0.1) is 0 Å². The van der Waals surface area contributed by atoms with Gasteiger partial charge in [0.2, 0.25) is 0 Å². The first-order valence-corrected chi connectivity index (χ1v) is 6.66. The van der Waals surface area contributed by atoms with E-state index in [1.54, 1.807) is 0 Å². The van der Waals surface area contributed by atoms with Gasteiger partial charge in [0, 0.05) is 11.9 Å². The molecule has 1 aliphatic rings. The van der Waals surface area contributed by atoms with Crippen LogP contribution in [0.5, 0.6) is 0 Å². The highest BCUT2D eigenvalue weighted by atomic mass is 79.9. The predicted octanol–water partition coefficient (Wildman–Crippen LogP) is 3.76. The quantitative estimate of drug-likeness (QED) is 0.651. The summed E-state index contributed by atoms with van der Waals surface area (Å²) in [6, 6.07) is 0. The van der Waals surface area contributed by atoms with Gasteiger partial charge in [0.05, 0.1) is 6.10 Å². The van der Waals surface area contributed by atoms with E-state index in [9.17, 15) is 0 Å². The Morgan fingerprint density at radius 2 is 2.31 bits per heavy atom. The van der Waals surface area contributed by atoms with Crippen molar-refractivity contribution in [1.82, 2.24) is 0 Å². The normalized spacial score (nSPS) is 24.9. The predicted molar refractivity (Wildman–Crippen MR) is 60.4 cm³/mol. The minimum atomic E-state index is 0.582. The number of hydrogen-bond donors (Lipinski definition) is 0. The molecule has 13 heavy (non-hydrogen) atoms. The molecule has 0 aromatic heterocycles. The topological polar surface area (TPSA) is 9.23 Å². The van der Waals surface area contributed by atoms with Gasteiger partial charge in [-0.3, -0.25) is 0 Å². The lowest BCUT2D eigenvalue weighted by molar-refractivity contribution is 0.0986. The molecule has 0 spiro atoms. The van der Waals surface area contributed by atoms with E-state index in [2.05, 4.69) is 22.9 Å². The Bertz CT molecular complexity index is 121. The van der Waals surface area contributed by atoms with Gasteiger partial charge >= 0.3 is 0 Å². The highest BCUT2D eigenvalue weighted by Gasteiger charge is 2.16. The second-order valence-corrected chi connectivity index (χ2v) is 4.67. The van der Waals surface area contributed by atoms with E-state index in [0.29, 0.717) is 6.10 Å². The molecule has 0 N–H and O–H groups in total. The molecule has 1 fully saturated rings. The molecule has 0 aromatic carbocycles. The van der Waals surface area contributed by atoms with Crippen LogP contribution >= 0.6 is 15.9 Å². The Morgan fingerprint density at radius 1 is 1.46 bits per heavy atom. The van der Waals surface area contributed by atoms with E-state index in [0.717, 1.165) is 17.9 Å². The van der Waals surface area contributed by atoms with Crippen molar-refractivity contribution in [2.75, 3.05) is 11.9 Å². The van der Waals surface area contributed by atoms with Crippen LogP contribution in [0.25, 0.3) is 0 Å². The zero-order valence-corrected chi connectivity index (χ0v) is 10.2. The fourth-order valence-corrected chi connectivity index (χ4v) is 2.65. The molecule has 1 heterocycles. The summed E-state index contributed by atoms with van der Waals surface area (Å²) in [5, 5.41) is 1.16. The highest BCUT2D eigenvalue weighted by Crippen LogP contribution is 2.22. The van der Waals surface area contributed by atoms with Gasteiger partial charge in [-0.25, -0.2) is 0 Å². The van der Waals surface area contributed by atoms with Crippen LogP contribution in [0, 0.1) is 5.92 Å². The largest absolute Gasteiger partial charge is 0.378 e. The number of halogens is 1. The van der Waals surface area contributed by atoms with Gasteiger partial charge in [-0.2, -0.15) is 0 Å². The molecular formula is C11H21BrO. The number of alkyl halides is 1. The lowest BCUT2D eigenvalue weighted by atomic mass is 9.97. The molecule has 1 rings (SSSR count). The number of ether oxygens (including phenoxy) is 1. The third-order valence-electron chi connectivity index (χ3n) is 2.84. The van der Waals surface area contributed by atoms with E-state index in [-0.39, 0.29) is 0 Å². The average molecular weight is 249 g/mol. The van der Waals surface area contributed by atoms with Crippen molar-refractivity contribution in [2.45, 2.75) is 51.6 Å². The zero-order valence-electron chi connectivity index (χ0n) is 8.60. The third kappa shape index (κ3) is 4.46. The molecule has 1 nitrogen and oxygen atoms in total. The molecule has 1 aliphatic heterocycles. The van der Waals surface area contributed by atoms with Crippen molar-refractivity contribution in [3.8, 4) is 0 Å². The van der Waals surface area contributed by atoms with Gasteiger partial charge in [0.25, 0.3) is 0 Å². The Balaban J connectivity index is 2.07. The summed E-state index contributed by atoms with van der Waals surface area (Å²) in [6.07, 6.45) is 8.43. The van der Waals surface area contributed by atoms with Crippen molar-refractivity contribution < 1.29 is 4.74 Å². The van der Waals surface area contributed by atoms with Gasteiger partial charge in [0.15, 0.2) is 0 Å². The molecule has 0 radical (unpaired) electrons. The maximum atomic E-state index is 5.61. The van der Waals surface area contributed by atoms with Crippen LogP contribution in [0.2, 0.25) is 0 Å². The van der Waals surface area contributed by atoms with Crippen molar-refractivity contribution in [3.63, 3.8) is 0 Å². The maximum absolute atomic E-state index is 5.61. The summed E-state index contributed by atoms with van der Waals surface area (Å²) in [6.45, 7) is 3.26. The van der Waals surface area contributed by atoms with Crippen LogP contribution in [0.15, 0.2) is 0 Å². The Hall–Kier alpha value is 0.440. The highest BCUT2D eigenvalue weighted by molar-refractivity contribution is 9.09. The average Bonchev–Trinajstić information content (AvgIpc) is 2.64. The van der Waals surface area contributed by atoms with E-state index in [1.165, 1.54) is 38.5 Å². The Labute approximate surface area is 90.4 Å². The van der Waals surface area contributed by atoms with Gasteiger partial charge < -0.3 is 4.74 Å². The van der Waals surface area contributed by atoms with Crippen LogP contribution in [-0.2, 0) is 4.74 Å². The lowest BCUT2D eigenvalue weighted by Gasteiger charge is -2.15. The van der Waals surface area contributed by atoms with Crippen LogP contribution in [0.1, 0.15) is 45.4 Å². The van der Waals surface area contributed by atoms with Gasteiger partial charge in [0.1, 0.15) is 0 Å². The molecule has 2 heteroatoms. The van der Waals surface area contributed by atoms with Crippen LogP contribution in [0.4, 0.5) is 0 Å². The number of rotatable bonds is 6. The smallest absolute Gasteiger partial charge is 0.0576 e. The first-order chi connectivity index (χ1) is 6.36. The summed E-state index contributed by atoms with van der Waals surface area (Å²) in [4.78, 5) is 0. The molecule has 0 bridgehead atoms. The van der Waals surface area contributed by atoms with Gasteiger partial charge in [-0.1, -0.05) is 29.3 Å². The van der Waals surface area contributed by atoms with Crippen LogP contribution in [0.3, 0.4) is 0 Å². The fraction of sp³-hybridized carbons (Fsp3) is 1.00. The molecular weight excluding hydrogens is 228 g/mol. The summed E-state index contributed by atoms with van der Waals surface area (Å²) in [5.74, 6) is 0.870. The van der Waals surface area contributed by atoms with Crippen molar-refractivity contribution >= 4 is 15.9 Å². The molecule has 0 aromatic rings. The minimum Gasteiger partial charge on any atom is -0.378 e. The summed E-state index contributed by atoms with van der Waals surface area (Å²) in [5.41, 5.74) is 0. The first kappa shape index (κ1) is 11.5. The molecule has 78 valence electrons. The lowest BCUT2D eigenvalue weighted by Crippen LogP contribution is -2.09. The summed E-state index contributed by atoms with van der Waals surface area (Å²) >= 11 is 3.59. The van der Waals surface area contributed by atoms with E-state index >= 15 is 0 Å². The van der Waals surface area contributed by atoms with Crippen LogP contribution < -0.4 is 0 Å². The summed E-state index contributed by atoms with van der Waals surface area (Å²) < 4.78 is 5.61. The zero-order chi connectivity index (χ0) is 9.52. The van der Waals surface area contributed by atoms with Crippen molar-refractivity contribution in [3.05, 3.63) is 0 Å². The van der Waals surface area contributed by atoms with E-state index in [4.69, 9.17) is 4.74 Å². The second kappa shape index (κ2) is 6.83. The maximum Gasteiger partial charge on any atom is 0.0576 e. The Morgan fingerprint density at radius 3 is 2.85 bits per heavy atom. The second-order valence-electron chi connectivity index (χ2n) is 4.02. The minimum absolute atomic E-state index is 0.582. The molecule has 2 unspecified atom stereocenters. The molecule has 0 aliphatic carbocycles. The first-order valence-electron chi connectivity index (χ1n) is 5.54. The number of hydrogen-bond acceptors (Lipinski definition) is 1. The summed E-state index contributed by atoms with van der Waals surface area (Å²) in [7, 11) is 0. The Kier molecular flexibility index (Phi) is 6.05. The third-order valence-corrected chi connectivity index (χ3v) is 3.75. The van der Waals surface area contributed by atoms with E-state index in [1.807, 2.05) is 0 Å². The standard InChI is InChI=1S/C11H21BrO/c1-2-4-10(9-12)6-7-11-5-3-8-13-11/h10-11H,2-9H2,1H3. The SMILES string of the molecule is CCCC(CBr)CCC1CCCO1. The monoisotopic (exact) mass is 248 g/mol. The molecule has 0 amide bonds. The van der Waals surface area contributed by atoms with E-state index < -0.39 is 0 Å².